The number of non-ortho nitro benzene ring substituents is 1. The van der Waals surface area contributed by atoms with Crippen molar-refractivity contribution in [1.82, 2.24) is 4.90 Å². The zero-order valence-electron chi connectivity index (χ0n) is 16.7. The largest absolute Gasteiger partial charge is 0.507 e. The summed E-state index contributed by atoms with van der Waals surface area (Å²) in [4.78, 5) is 37.4. The molecule has 1 unspecified atom stereocenters. The maximum Gasteiger partial charge on any atom is 0.295 e. The zero-order valence-corrected chi connectivity index (χ0v) is 16.7. The molecule has 1 atom stereocenters. The summed E-state index contributed by atoms with van der Waals surface area (Å²) in [5.41, 5.74) is 0.761. The van der Waals surface area contributed by atoms with E-state index in [0.717, 1.165) is 6.42 Å². The van der Waals surface area contributed by atoms with Gasteiger partial charge in [0.1, 0.15) is 11.5 Å². The molecule has 1 amide bonds. The van der Waals surface area contributed by atoms with Crippen LogP contribution >= 0.6 is 0 Å². The predicted molar refractivity (Wildman–Crippen MR) is 110 cm³/mol. The van der Waals surface area contributed by atoms with Crippen molar-refractivity contribution in [1.29, 1.82) is 0 Å². The maximum absolute atomic E-state index is 12.8. The first kappa shape index (κ1) is 21.0. The van der Waals surface area contributed by atoms with Crippen LogP contribution in [0.5, 0.6) is 5.75 Å². The Labute approximate surface area is 173 Å². The summed E-state index contributed by atoms with van der Waals surface area (Å²) in [6.07, 6.45) is 1.49. The van der Waals surface area contributed by atoms with Gasteiger partial charge in [-0.25, -0.2) is 0 Å². The minimum Gasteiger partial charge on any atom is -0.507 e. The van der Waals surface area contributed by atoms with E-state index in [2.05, 4.69) is 0 Å². The molecule has 3 rings (SSSR count). The predicted octanol–water partition coefficient (Wildman–Crippen LogP) is 3.83. The third-order valence-corrected chi connectivity index (χ3v) is 5.08. The average molecular weight is 410 g/mol. The molecule has 30 heavy (non-hydrogen) atoms. The molecule has 2 aromatic rings. The van der Waals surface area contributed by atoms with Crippen LogP contribution < -0.4 is 4.74 Å². The van der Waals surface area contributed by atoms with Crippen molar-refractivity contribution in [2.75, 3.05) is 13.7 Å². The first-order valence-electron chi connectivity index (χ1n) is 9.56. The number of aliphatic hydroxyl groups is 1. The summed E-state index contributed by atoms with van der Waals surface area (Å²) < 4.78 is 5.11. The van der Waals surface area contributed by atoms with Gasteiger partial charge < -0.3 is 14.7 Å². The van der Waals surface area contributed by atoms with Crippen LogP contribution in [0.4, 0.5) is 5.69 Å². The number of unbranched alkanes of at least 4 members (excludes halogenated alkanes) is 1. The molecule has 0 spiro atoms. The number of nitro benzene ring substituents is 1. The molecule has 0 aliphatic carbocycles. The minimum absolute atomic E-state index is 0.0323. The van der Waals surface area contributed by atoms with E-state index in [0.29, 0.717) is 29.8 Å². The molecule has 0 saturated carbocycles. The normalized spacial score (nSPS) is 17.9. The molecule has 1 N–H and O–H groups in total. The van der Waals surface area contributed by atoms with Crippen molar-refractivity contribution >= 4 is 23.1 Å². The number of benzene rings is 2. The first-order valence-corrected chi connectivity index (χ1v) is 9.56. The van der Waals surface area contributed by atoms with E-state index in [-0.39, 0.29) is 17.0 Å². The Morgan fingerprint density at radius 3 is 2.30 bits per heavy atom. The van der Waals surface area contributed by atoms with Gasteiger partial charge in [-0.05, 0) is 48.4 Å². The van der Waals surface area contributed by atoms with Crippen LogP contribution in [0.3, 0.4) is 0 Å². The Morgan fingerprint density at radius 1 is 1.13 bits per heavy atom. The molecule has 1 heterocycles. The number of aliphatic hydroxyl groups excluding tert-OH is 1. The van der Waals surface area contributed by atoms with Crippen LogP contribution in [-0.2, 0) is 9.59 Å². The number of ketones is 1. The summed E-state index contributed by atoms with van der Waals surface area (Å²) in [5, 5.41) is 21.9. The van der Waals surface area contributed by atoms with E-state index in [1.807, 2.05) is 6.92 Å². The van der Waals surface area contributed by atoms with Crippen LogP contribution in [0.1, 0.15) is 36.9 Å². The monoisotopic (exact) mass is 410 g/mol. The topological polar surface area (TPSA) is 110 Å². The van der Waals surface area contributed by atoms with E-state index < -0.39 is 22.7 Å². The molecule has 0 bridgehead atoms. The SMILES string of the molecule is CCCCN1C(=O)C(=O)/C(=C(\O)c2ccc(OC)cc2)C1c1ccc([N+](=O)[O-])cc1. The first-order chi connectivity index (χ1) is 14.4. The second-order valence-corrected chi connectivity index (χ2v) is 6.92. The number of rotatable bonds is 7. The summed E-state index contributed by atoms with van der Waals surface area (Å²) in [6.45, 7) is 2.30. The number of Topliss-reactive ketones (excluding diaryl/α,β-unsaturated/α-hetero) is 1. The Balaban J connectivity index is 2.12. The molecule has 8 nitrogen and oxygen atoms in total. The van der Waals surface area contributed by atoms with Gasteiger partial charge in [-0.3, -0.25) is 19.7 Å². The Morgan fingerprint density at radius 2 is 1.77 bits per heavy atom. The summed E-state index contributed by atoms with van der Waals surface area (Å²) in [7, 11) is 1.52. The minimum atomic E-state index is -0.820. The highest BCUT2D eigenvalue weighted by Crippen LogP contribution is 2.40. The number of nitrogens with zero attached hydrogens (tertiary/aromatic N) is 2. The van der Waals surface area contributed by atoms with E-state index in [9.17, 15) is 24.8 Å². The fraction of sp³-hybridized carbons (Fsp3) is 0.273. The Hall–Kier alpha value is -3.68. The summed E-state index contributed by atoms with van der Waals surface area (Å²) in [6, 6.07) is 11.3. The fourth-order valence-electron chi connectivity index (χ4n) is 3.47. The average Bonchev–Trinajstić information content (AvgIpc) is 3.02. The Kier molecular flexibility index (Phi) is 6.15. The molecule has 8 heteroatoms. The number of nitro groups is 1. The summed E-state index contributed by atoms with van der Waals surface area (Å²) >= 11 is 0. The zero-order chi connectivity index (χ0) is 21.8. The van der Waals surface area contributed by atoms with Gasteiger partial charge in [0, 0.05) is 24.2 Å². The van der Waals surface area contributed by atoms with Crippen molar-refractivity contribution < 1.29 is 24.4 Å². The number of likely N-dealkylation sites (tertiary alicyclic amines) is 1. The molecule has 0 radical (unpaired) electrons. The van der Waals surface area contributed by atoms with Crippen LogP contribution in [0.2, 0.25) is 0 Å². The molecule has 1 aliphatic rings. The molecule has 2 aromatic carbocycles. The van der Waals surface area contributed by atoms with Crippen molar-refractivity contribution in [2.45, 2.75) is 25.8 Å². The number of hydrogen-bond donors (Lipinski definition) is 1. The third-order valence-electron chi connectivity index (χ3n) is 5.08. The van der Waals surface area contributed by atoms with E-state index in [1.54, 1.807) is 24.3 Å². The van der Waals surface area contributed by atoms with E-state index >= 15 is 0 Å². The van der Waals surface area contributed by atoms with Gasteiger partial charge in [0.25, 0.3) is 17.4 Å². The second-order valence-electron chi connectivity index (χ2n) is 6.92. The molecule has 1 fully saturated rings. The molecular weight excluding hydrogens is 388 g/mol. The van der Waals surface area contributed by atoms with Gasteiger partial charge in [-0.1, -0.05) is 13.3 Å². The summed E-state index contributed by atoms with van der Waals surface area (Å²) in [5.74, 6) is -1.18. The number of carbonyl (C=O) groups excluding carboxylic acids is 2. The van der Waals surface area contributed by atoms with Gasteiger partial charge >= 0.3 is 0 Å². The van der Waals surface area contributed by atoms with Crippen molar-refractivity contribution in [3.8, 4) is 5.75 Å². The second kappa shape index (κ2) is 8.77. The van der Waals surface area contributed by atoms with Crippen LogP contribution in [0.25, 0.3) is 5.76 Å². The maximum atomic E-state index is 12.8. The number of amides is 1. The highest BCUT2D eigenvalue weighted by Gasteiger charge is 2.45. The highest BCUT2D eigenvalue weighted by atomic mass is 16.6. The number of hydrogen-bond acceptors (Lipinski definition) is 6. The van der Waals surface area contributed by atoms with E-state index in [1.165, 1.54) is 36.3 Å². The highest BCUT2D eigenvalue weighted by molar-refractivity contribution is 6.46. The molecule has 1 saturated heterocycles. The lowest BCUT2D eigenvalue weighted by atomic mass is 9.95. The van der Waals surface area contributed by atoms with Crippen LogP contribution in [-0.4, -0.2) is 40.3 Å². The molecule has 0 aromatic heterocycles. The van der Waals surface area contributed by atoms with Gasteiger partial charge in [-0.15, -0.1) is 0 Å². The van der Waals surface area contributed by atoms with Crippen LogP contribution in [0, 0.1) is 10.1 Å². The van der Waals surface area contributed by atoms with Gasteiger partial charge in [-0.2, -0.15) is 0 Å². The smallest absolute Gasteiger partial charge is 0.295 e. The lowest BCUT2D eigenvalue weighted by Gasteiger charge is -2.25. The lowest BCUT2D eigenvalue weighted by Crippen LogP contribution is -2.30. The van der Waals surface area contributed by atoms with Gasteiger partial charge in [0.15, 0.2) is 0 Å². The quantitative estimate of drug-likeness (QED) is 0.244. The van der Waals surface area contributed by atoms with Crippen molar-refractivity contribution in [3.05, 3.63) is 75.3 Å². The van der Waals surface area contributed by atoms with Crippen molar-refractivity contribution in [3.63, 3.8) is 0 Å². The van der Waals surface area contributed by atoms with E-state index in [4.69, 9.17) is 4.74 Å². The lowest BCUT2D eigenvalue weighted by molar-refractivity contribution is -0.384. The van der Waals surface area contributed by atoms with Gasteiger partial charge in [0.2, 0.25) is 0 Å². The molecule has 1 aliphatic heterocycles. The standard InChI is InChI=1S/C22H22N2O6/c1-3-4-13-23-19(14-5-9-16(10-6-14)24(28)29)18(21(26)22(23)27)20(25)15-7-11-17(30-2)12-8-15/h5-12,19,25H,3-4,13H2,1-2H3/b20-18-. The van der Waals surface area contributed by atoms with Gasteiger partial charge in [0.05, 0.1) is 23.6 Å². The number of carbonyl (C=O) groups is 2. The number of ether oxygens (including phenoxy) is 1. The third kappa shape index (κ3) is 3.89. The van der Waals surface area contributed by atoms with Crippen LogP contribution in [0.15, 0.2) is 54.1 Å². The molecule has 156 valence electrons. The number of methoxy groups -OCH3 is 1. The fourth-order valence-corrected chi connectivity index (χ4v) is 3.47. The molecular formula is C22H22N2O6. The Bertz CT molecular complexity index is 995. The van der Waals surface area contributed by atoms with Crippen molar-refractivity contribution in [2.24, 2.45) is 0 Å².